The highest BCUT2D eigenvalue weighted by molar-refractivity contribution is 7.15. The minimum atomic E-state index is -3.54. The second-order valence-electron chi connectivity index (χ2n) is 10.9. The van der Waals surface area contributed by atoms with Crippen molar-refractivity contribution in [3.63, 3.8) is 0 Å². The van der Waals surface area contributed by atoms with Crippen LogP contribution in [0.1, 0.15) is 60.2 Å². The number of benzene rings is 2. The SMILES string of the molecule is CC(=O)C(O)[C@H]1O[C@@H](c2ccc(Cl)c(Cc3ccc(-c4ccc(C=O)cc4)s3)c2)[C@@](O)(C(C)=O)[C@](O)(C(C)=O)[C@@]1(O)C(C)=O. The first-order valence-electron chi connectivity index (χ1n) is 13.5. The normalized spacial score (nSPS) is 27.4. The fraction of sp³-hybridized carbons (Fsp3) is 0.344. The zero-order chi connectivity index (χ0) is 32.8. The average molecular weight is 643 g/mol. The zero-order valence-corrected chi connectivity index (χ0v) is 25.8. The molecule has 2 aromatic carbocycles. The summed E-state index contributed by atoms with van der Waals surface area (Å²) in [5.41, 5.74) is -8.25. The molecule has 1 fully saturated rings. The van der Waals surface area contributed by atoms with Crippen LogP contribution in [0.25, 0.3) is 10.4 Å². The quantitative estimate of drug-likeness (QED) is 0.241. The highest BCUT2D eigenvalue weighted by Gasteiger charge is 2.79. The van der Waals surface area contributed by atoms with E-state index < -0.39 is 58.2 Å². The lowest BCUT2D eigenvalue weighted by Crippen LogP contribution is -2.85. The predicted molar refractivity (Wildman–Crippen MR) is 161 cm³/mol. The van der Waals surface area contributed by atoms with Crippen molar-refractivity contribution in [3.05, 3.63) is 81.2 Å². The van der Waals surface area contributed by atoms with Crippen molar-refractivity contribution in [3.8, 4) is 10.4 Å². The molecule has 0 spiro atoms. The molecule has 2 heterocycles. The van der Waals surface area contributed by atoms with Gasteiger partial charge in [0.15, 0.2) is 39.9 Å². The van der Waals surface area contributed by atoms with Crippen LogP contribution in [0, 0.1) is 0 Å². The number of thiophene rings is 1. The van der Waals surface area contributed by atoms with Crippen molar-refractivity contribution >= 4 is 52.4 Å². The summed E-state index contributed by atoms with van der Waals surface area (Å²) >= 11 is 7.97. The van der Waals surface area contributed by atoms with Gasteiger partial charge in [0.25, 0.3) is 0 Å². The Morgan fingerprint density at radius 1 is 0.909 bits per heavy atom. The molecule has 1 aromatic heterocycles. The van der Waals surface area contributed by atoms with Crippen molar-refractivity contribution < 1.29 is 49.1 Å². The smallest absolute Gasteiger partial charge is 0.200 e. The lowest BCUT2D eigenvalue weighted by molar-refractivity contribution is -0.329. The van der Waals surface area contributed by atoms with Gasteiger partial charge in [-0.1, -0.05) is 48.0 Å². The Morgan fingerprint density at radius 3 is 2.05 bits per heavy atom. The topological polar surface area (TPSA) is 176 Å². The van der Waals surface area contributed by atoms with E-state index >= 15 is 0 Å². The summed E-state index contributed by atoms with van der Waals surface area (Å²) in [5.74, 6) is -4.90. The first-order chi connectivity index (χ1) is 20.5. The first-order valence-corrected chi connectivity index (χ1v) is 14.7. The Bertz CT molecular complexity index is 1650. The molecular weight excluding hydrogens is 612 g/mol. The maximum atomic E-state index is 13.1. The van der Waals surface area contributed by atoms with E-state index in [9.17, 15) is 44.4 Å². The van der Waals surface area contributed by atoms with Crippen LogP contribution in [0.2, 0.25) is 5.02 Å². The molecule has 1 aliphatic rings. The highest BCUT2D eigenvalue weighted by atomic mass is 35.5. The van der Waals surface area contributed by atoms with Gasteiger partial charge in [0.2, 0.25) is 0 Å². The number of Topliss-reactive ketones (excluding diaryl/α,β-unsaturated/α-hetero) is 4. The molecule has 1 unspecified atom stereocenters. The number of ether oxygens (including phenoxy) is 1. The number of aldehydes is 1. The maximum Gasteiger partial charge on any atom is 0.200 e. The van der Waals surface area contributed by atoms with Gasteiger partial charge in [0.1, 0.15) is 24.6 Å². The molecule has 1 aliphatic heterocycles. The molecule has 0 aliphatic carbocycles. The van der Waals surface area contributed by atoms with E-state index in [4.69, 9.17) is 16.3 Å². The van der Waals surface area contributed by atoms with Crippen LogP contribution in [0.15, 0.2) is 54.6 Å². The Hall–Kier alpha value is -3.42. The van der Waals surface area contributed by atoms with Gasteiger partial charge in [0, 0.05) is 26.8 Å². The summed E-state index contributed by atoms with van der Waals surface area (Å²) in [6.45, 7) is 3.31. The second kappa shape index (κ2) is 12.2. The van der Waals surface area contributed by atoms with Gasteiger partial charge in [-0.25, -0.2) is 0 Å². The number of aliphatic hydroxyl groups is 4. The molecule has 0 bridgehead atoms. The summed E-state index contributed by atoms with van der Waals surface area (Å²) in [5, 5.41) is 46.3. The fourth-order valence-electron chi connectivity index (χ4n) is 5.73. The van der Waals surface area contributed by atoms with Crippen LogP contribution in [0.4, 0.5) is 0 Å². The van der Waals surface area contributed by atoms with Crippen LogP contribution in [0.5, 0.6) is 0 Å². The van der Waals surface area contributed by atoms with E-state index in [1.54, 1.807) is 12.1 Å². The molecule has 0 radical (unpaired) electrons. The number of aliphatic hydroxyl groups excluding tert-OH is 1. The first kappa shape index (κ1) is 33.5. The summed E-state index contributed by atoms with van der Waals surface area (Å²) in [4.78, 5) is 64.0. The third kappa shape index (κ3) is 5.18. The number of hydrogen-bond acceptors (Lipinski definition) is 11. The number of carbonyl (C=O) groups excluding carboxylic acids is 5. The van der Waals surface area contributed by atoms with E-state index in [0.717, 1.165) is 49.3 Å². The molecule has 10 nitrogen and oxygen atoms in total. The maximum absolute atomic E-state index is 13.1. The summed E-state index contributed by atoms with van der Waals surface area (Å²) in [7, 11) is 0. The Kier molecular flexibility index (Phi) is 9.26. The number of carbonyl (C=O) groups is 5. The van der Waals surface area contributed by atoms with Gasteiger partial charge in [-0.3, -0.25) is 24.0 Å². The lowest BCUT2D eigenvalue weighted by atomic mass is 9.57. The summed E-state index contributed by atoms with van der Waals surface area (Å²) in [6, 6.07) is 15.1. The van der Waals surface area contributed by atoms with Crippen LogP contribution >= 0.6 is 22.9 Å². The third-order valence-electron chi connectivity index (χ3n) is 8.19. The van der Waals surface area contributed by atoms with E-state index in [1.165, 1.54) is 29.5 Å². The molecular formula is C32H31ClO10S. The predicted octanol–water partition coefficient (Wildman–Crippen LogP) is 2.82. The van der Waals surface area contributed by atoms with Gasteiger partial charge in [-0.05, 0) is 62.6 Å². The van der Waals surface area contributed by atoms with E-state index in [1.807, 2.05) is 24.3 Å². The lowest BCUT2D eigenvalue weighted by Gasteiger charge is -2.58. The summed E-state index contributed by atoms with van der Waals surface area (Å²) in [6.07, 6.45) is -5.41. The number of halogens is 1. The molecule has 6 atom stereocenters. The van der Waals surface area contributed by atoms with Gasteiger partial charge in [-0.2, -0.15) is 0 Å². The second-order valence-corrected chi connectivity index (χ2v) is 12.5. The molecule has 1 saturated heterocycles. The molecule has 4 rings (SSSR count). The van der Waals surface area contributed by atoms with Gasteiger partial charge >= 0.3 is 0 Å². The van der Waals surface area contributed by atoms with Gasteiger partial charge in [-0.15, -0.1) is 11.3 Å². The molecule has 4 N–H and O–H groups in total. The van der Waals surface area contributed by atoms with Crippen molar-refractivity contribution in [1.29, 1.82) is 0 Å². The van der Waals surface area contributed by atoms with Crippen LogP contribution < -0.4 is 0 Å². The average Bonchev–Trinajstić information content (AvgIpc) is 3.45. The van der Waals surface area contributed by atoms with Gasteiger partial charge in [0.05, 0.1) is 0 Å². The largest absolute Gasteiger partial charge is 0.382 e. The van der Waals surface area contributed by atoms with Crippen molar-refractivity contribution in [2.45, 2.75) is 69.2 Å². The Balaban J connectivity index is 1.83. The monoisotopic (exact) mass is 642 g/mol. The fourth-order valence-corrected chi connectivity index (χ4v) is 6.95. The number of ketones is 4. The van der Waals surface area contributed by atoms with Crippen LogP contribution in [-0.2, 0) is 30.3 Å². The van der Waals surface area contributed by atoms with Crippen molar-refractivity contribution in [1.82, 2.24) is 0 Å². The molecule has 12 heteroatoms. The van der Waals surface area contributed by atoms with E-state index in [2.05, 4.69) is 0 Å². The molecule has 232 valence electrons. The Labute approximate surface area is 261 Å². The Morgan fingerprint density at radius 2 is 1.52 bits per heavy atom. The van der Waals surface area contributed by atoms with Gasteiger partial charge < -0.3 is 25.2 Å². The van der Waals surface area contributed by atoms with Crippen molar-refractivity contribution in [2.24, 2.45) is 0 Å². The van der Waals surface area contributed by atoms with Crippen LogP contribution in [0.3, 0.4) is 0 Å². The molecule has 3 aromatic rings. The van der Waals surface area contributed by atoms with E-state index in [-0.39, 0.29) is 12.0 Å². The molecule has 0 amide bonds. The number of hydrogen-bond donors (Lipinski definition) is 4. The number of rotatable bonds is 10. The highest BCUT2D eigenvalue weighted by Crippen LogP contribution is 2.53. The standard InChI is InChI=1S/C32H31ClO10S/c1-16(35)27(39)29-31(41,18(3)37)32(42,19(4)38)30(40,17(2)36)28(43-29)22-9-11-25(33)23(13-22)14-24-10-12-26(44-24)21-7-5-20(15-34)6-8-21/h5-13,15,27-29,39-42H,14H2,1-4H3/t27?,28-,29+,30-,31+,32+/m0/s1. The van der Waals surface area contributed by atoms with Crippen LogP contribution in [-0.4, -0.2) is 78.9 Å². The minimum absolute atomic E-state index is 0.00867. The van der Waals surface area contributed by atoms with Crippen molar-refractivity contribution in [2.75, 3.05) is 0 Å². The molecule has 0 saturated carbocycles. The summed E-state index contributed by atoms with van der Waals surface area (Å²) < 4.78 is 5.83. The zero-order valence-electron chi connectivity index (χ0n) is 24.2. The van der Waals surface area contributed by atoms with E-state index in [0.29, 0.717) is 16.1 Å². The molecule has 44 heavy (non-hydrogen) atoms. The third-order valence-corrected chi connectivity index (χ3v) is 9.70. The minimum Gasteiger partial charge on any atom is -0.382 e.